The predicted octanol–water partition coefficient (Wildman–Crippen LogP) is 10.3. The van der Waals surface area contributed by atoms with Gasteiger partial charge in [-0.3, -0.25) is 0 Å². The van der Waals surface area contributed by atoms with Crippen molar-refractivity contribution in [3.05, 3.63) is 172 Å². The maximum atomic E-state index is 15.2. The highest BCUT2D eigenvalue weighted by molar-refractivity contribution is 5.74. The smallest absolute Gasteiger partial charge is 0.222 e. The van der Waals surface area contributed by atoms with Crippen LogP contribution in [-0.4, -0.2) is 6.67 Å². The minimum Gasteiger partial charge on any atom is -0.319 e. The average molecular weight is 713 g/mol. The Hall–Kier alpha value is -6.34. The van der Waals surface area contributed by atoms with E-state index in [9.17, 15) is 8.78 Å². The second kappa shape index (κ2) is 15.7. The van der Waals surface area contributed by atoms with E-state index in [1.54, 1.807) is 6.07 Å². The van der Waals surface area contributed by atoms with Crippen LogP contribution in [0.5, 0.6) is 0 Å². The van der Waals surface area contributed by atoms with Crippen LogP contribution in [0.15, 0.2) is 97.1 Å². The van der Waals surface area contributed by atoms with E-state index in [1.807, 2.05) is 0 Å². The van der Waals surface area contributed by atoms with Crippen LogP contribution in [0.25, 0.3) is 49.4 Å². The number of hydrogen-bond acceptors (Lipinski definition) is 3. The molecule has 0 aliphatic rings. The maximum absolute atomic E-state index is 15.2. The van der Waals surface area contributed by atoms with Gasteiger partial charge in [0.1, 0.15) is 52.6 Å². The predicted molar refractivity (Wildman–Crippen MR) is 181 cm³/mol. The first-order valence-corrected chi connectivity index (χ1v) is 15.2. The first-order chi connectivity index (χ1) is 24.9. The SMILES string of the molecule is NCN.[C-]#[N+]c1ccc(-c2c(F)cc(-c3ccc(Cc4ccc(-c5cc(F)c(-c6ccc(C#N)c(F)c6)c(F)c5)c(F)c4)cc3F)cc2F)cc1F. The highest BCUT2D eigenvalue weighted by Crippen LogP contribution is 2.36. The highest BCUT2D eigenvalue weighted by atomic mass is 19.2. The summed E-state index contributed by atoms with van der Waals surface area (Å²) in [5.41, 5.74) is 7.58. The molecule has 6 aromatic carbocycles. The molecule has 0 aliphatic carbocycles. The molecule has 260 valence electrons. The van der Waals surface area contributed by atoms with Crippen molar-refractivity contribution in [1.29, 1.82) is 5.26 Å². The minimum atomic E-state index is -1.07. The lowest BCUT2D eigenvalue weighted by molar-refractivity contribution is 0.587. The van der Waals surface area contributed by atoms with Crippen LogP contribution in [0, 0.1) is 64.4 Å². The molecule has 0 aromatic heterocycles. The van der Waals surface area contributed by atoms with Gasteiger partial charge in [0.25, 0.3) is 0 Å². The van der Waals surface area contributed by atoms with Gasteiger partial charge in [-0.2, -0.15) is 5.26 Å². The Morgan fingerprint density at radius 2 is 0.904 bits per heavy atom. The minimum absolute atomic E-state index is 0.0359. The number of hydrogen-bond donors (Lipinski definition) is 2. The summed E-state index contributed by atoms with van der Waals surface area (Å²) in [5, 5.41) is 8.89. The zero-order chi connectivity index (χ0) is 37.7. The Morgan fingerprint density at radius 3 is 1.27 bits per heavy atom. The molecule has 52 heavy (non-hydrogen) atoms. The molecule has 0 amide bonds. The fourth-order valence-electron chi connectivity index (χ4n) is 5.56. The lowest BCUT2D eigenvalue weighted by atomic mass is 9.95. The number of nitrogens with zero attached hydrogens (tertiary/aromatic N) is 2. The molecule has 0 saturated carbocycles. The summed E-state index contributed by atoms with van der Waals surface area (Å²) in [6.07, 6.45) is 0.0359. The van der Waals surface area contributed by atoms with Gasteiger partial charge in [-0.15, -0.1) is 0 Å². The number of nitrogens with two attached hydrogens (primary N) is 2. The Morgan fingerprint density at radius 1 is 0.500 bits per heavy atom. The quantitative estimate of drug-likeness (QED) is 0.103. The molecule has 0 atom stereocenters. The van der Waals surface area contributed by atoms with Gasteiger partial charge in [0, 0.05) is 17.8 Å². The molecule has 6 aromatic rings. The van der Waals surface area contributed by atoms with Crippen LogP contribution in [0.2, 0.25) is 0 Å². The summed E-state index contributed by atoms with van der Waals surface area (Å²) in [6.45, 7) is 7.17. The molecule has 0 fully saturated rings. The lowest BCUT2D eigenvalue weighted by Crippen LogP contribution is -2.08. The maximum Gasteiger partial charge on any atom is 0.222 e. The normalized spacial score (nSPS) is 10.6. The van der Waals surface area contributed by atoms with E-state index in [2.05, 4.69) is 16.3 Å². The molecule has 0 spiro atoms. The van der Waals surface area contributed by atoms with Gasteiger partial charge in [-0.1, -0.05) is 42.5 Å². The van der Waals surface area contributed by atoms with Crippen molar-refractivity contribution in [2.24, 2.45) is 11.5 Å². The third-order valence-electron chi connectivity index (χ3n) is 7.92. The van der Waals surface area contributed by atoms with Crippen molar-refractivity contribution in [1.82, 2.24) is 0 Å². The topological polar surface area (TPSA) is 80.2 Å². The highest BCUT2D eigenvalue weighted by Gasteiger charge is 2.20. The molecule has 0 aliphatic heterocycles. The fourth-order valence-corrected chi connectivity index (χ4v) is 5.56. The molecular formula is C40H24F8N4. The first kappa shape index (κ1) is 36.9. The third kappa shape index (κ3) is 7.69. The van der Waals surface area contributed by atoms with Crippen LogP contribution in [-0.2, 0) is 6.42 Å². The fraction of sp³-hybridized carbons (Fsp3) is 0.0500. The van der Waals surface area contributed by atoms with Crippen molar-refractivity contribution in [3.63, 3.8) is 0 Å². The zero-order valence-corrected chi connectivity index (χ0v) is 26.7. The Balaban J connectivity index is 0.00000168. The standard InChI is InChI=1S/C39H18F8N2.CH6N2/c1-49-37-9-6-23(14-32(37)43)39-35(46)17-26(18-36(39)47)28-8-3-21(12-31(28)42)10-20-2-7-27(30(41)11-20)25-15-33(44)38(34(45)16-25)22-4-5-24(19-48)29(40)13-22;2-1-3/h2-9,11-18H,10H2;1-3H2. The second-order valence-electron chi connectivity index (χ2n) is 11.3. The number of rotatable bonds is 6. The lowest BCUT2D eigenvalue weighted by Gasteiger charge is -2.12. The summed E-state index contributed by atoms with van der Waals surface area (Å²) in [7, 11) is 0. The monoisotopic (exact) mass is 712 g/mol. The van der Waals surface area contributed by atoms with E-state index in [0.717, 1.165) is 60.7 Å². The van der Waals surface area contributed by atoms with Crippen LogP contribution in [0.3, 0.4) is 0 Å². The van der Waals surface area contributed by atoms with Crippen molar-refractivity contribution < 1.29 is 35.1 Å². The molecule has 0 bridgehead atoms. The molecule has 6 rings (SSSR count). The summed E-state index contributed by atoms with van der Waals surface area (Å²) >= 11 is 0. The summed E-state index contributed by atoms with van der Waals surface area (Å²) < 4.78 is 119. The summed E-state index contributed by atoms with van der Waals surface area (Å²) in [6, 6.07) is 19.4. The molecule has 0 saturated heterocycles. The van der Waals surface area contributed by atoms with Crippen molar-refractivity contribution >= 4 is 5.69 Å². The van der Waals surface area contributed by atoms with E-state index in [0.29, 0.717) is 11.1 Å². The first-order valence-electron chi connectivity index (χ1n) is 15.2. The zero-order valence-electron chi connectivity index (χ0n) is 26.7. The van der Waals surface area contributed by atoms with E-state index < -0.39 is 57.7 Å². The van der Waals surface area contributed by atoms with E-state index in [-0.39, 0.29) is 57.7 Å². The van der Waals surface area contributed by atoms with Crippen LogP contribution in [0.1, 0.15) is 16.7 Å². The van der Waals surface area contributed by atoms with Gasteiger partial charge in [0.2, 0.25) is 5.69 Å². The molecular weight excluding hydrogens is 688 g/mol. The average Bonchev–Trinajstić information content (AvgIpc) is 3.08. The van der Waals surface area contributed by atoms with Gasteiger partial charge in [-0.05, 0) is 94.4 Å². The summed E-state index contributed by atoms with van der Waals surface area (Å²) in [5.74, 6) is -7.81. The van der Waals surface area contributed by atoms with Crippen LogP contribution >= 0.6 is 0 Å². The van der Waals surface area contributed by atoms with Crippen molar-refractivity contribution in [3.8, 4) is 50.6 Å². The number of nitriles is 1. The van der Waals surface area contributed by atoms with Gasteiger partial charge in [0.05, 0.1) is 23.3 Å². The second-order valence-corrected chi connectivity index (χ2v) is 11.3. The van der Waals surface area contributed by atoms with E-state index in [4.69, 9.17) is 11.8 Å². The molecule has 0 unspecified atom stereocenters. The molecule has 4 N–H and O–H groups in total. The third-order valence-corrected chi connectivity index (χ3v) is 7.92. The largest absolute Gasteiger partial charge is 0.319 e. The molecule has 4 nitrogen and oxygen atoms in total. The number of benzene rings is 6. The van der Waals surface area contributed by atoms with Crippen LogP contribution < -0.4 is 11.5 Å². The Kier molecular flexibility index (Phi) is 11.1. The van der Waals surface area contributed by atoms with Crippen LogP contribution in [0.4, 0.5) is 40.8 Å². The Labute approximate surface area is 292 Å². The van der Waals surface area contributed by atoms with Gasteiger partial charge >= 0.3 is 0 Å². The van der Waals surface area contributed by atoms with Gasteiger partial charge < -0.3 is 11.5 Å². The molecule has 12 heteroatoms. The van der Waals surface area contributed by atoms with Crippen molar-refractivity contribution in [2.45, 2.75) is 6.42 Å². The molecule has 0 heterocycles. The Bertz CT molecular complexity index is 2200. The summed E-state index contributed by atoms with van der Waals surface area (Å²) in [4.78, 5) is 2.98. The molecule has 0 radical (unpaired) electrons. The van der Waals surface area contributed by atoms with Crippen molar-refractivity contribution in [2.75, 3.05) is 6.67 Å². The number of halogens is 8. The van der Waals surface area contributed by atoms with E-state index in [1.165, 1.54) is 36.4 Å². The van der Waals surface area contributed by atoms with Gasteiger partial charge in [0.15, 0.2) is 0 Å². The van der Waals surface area contributed by atoms with E-state index >= 15 is 26.3 Å². The van der Waals surface area contributed by atoms with Gasteiger partial charge in [-0.25, -0.2) is 40.0 Å².